The lowest BCUT2D eigenvalue weighted by molar-refractivity contribution is 0.240. The maximum atomic E-state index is 11.1. The Balaban J connectivity index is 1.99. The topological polar surface area (TPSA) is 61.4 Å². The van der Waals surface area contributed by atoms with Gasteiger partial charge in [-0.1, -0.05) is 6.42 Å². The molecule has 0 aliphatic heterocycles. The van der Waals surface area contributed by atoms with E-state index >= 15 is 0 Å². The molecule has 0 saturated heterocycles. The van der Waals surface area contributed by atoms with E-state index < -0.39 is 0 Å². The van der Waals surface area contributed by atoms with Gasteiger partial charge in [-0.25, -0.2) is 4.79 Å². The van der Waals surface area contributed by atoms with Crippen molar-refractivity contribution in [1.82, 2.24) is 10.6 Å². The van der Waals surface area contributed by atoms with Crippen LogP contribution in [0.4, 0.5) is 4.79 Å². The maximum absolute atomic E-state index is 11.1. The van der Waals surface area contributed by atoms with Crippen molar-refractivity contribution in [2.24, 2.45) is 5.92 Å². The molecule has 1 rings (SSSR count). The van der Waals surface area contributed by atoms with Gasteiger partial charge in [0.2, 0.25) is 0 Å². The van der Waals surface area contributed by atoms with Gasteiger partial charge in [0.25, 0.3) is 0 Å². The van der Waals surface area contributed by atoms with Gasteiger partial charge in [0.05, 0.1) is 0 Å². The van der Waals surface area contributed by atoms with E-state index in [0.717, 1.165) is 25.7 Å². The summed E-state index contributed by atoms with van der Waals surface area (Å²) < 4.78 is 0. The Morgan fingerprint density at radius 1 is 1.50 bits per heavy atom. The number of rotatable bonds is 6. The Labute approximate surface area is 85.1 Å². The average molecular weight is 200 g/mol. The Morgan fingerprint density at radius 2 is 2.29 bits per heavy atom. The zero-order valence-corrected chi connectivity index (χ0v) is 8.75. The molecule has 14 heavy (non-hydrogen) atoms. The quantitative estimate of drug-likeness (QED) is 0.557. The number of urea groups is 1. The highest BCUT2D eigenvalue weighted by atomic mass is 16.2. The highest BCUT2D eigenvalue weighted by Gasteiger charge is 2.37. The molecule has 0 heterocycles. The fraction of sp³-hybridized carbons (Fsp3) is 0.900. The minimum atomic E-state index is -0.0536. The van der Waals surface area contributed by atoms with E-state index in [1.807, 2.05) is 6.92 Å². The lowest BCUT2D eigenvalue weighted by atomic mass is 10.2. The van der Waals surface area contributed by atoms with Crippen molar-refractivity contribution in [3.63, 3.8) is 0 Å². The normalized spacial score (nSPS) is 24.4. The van der Waals surface area contributed by atoms with Crippen LogP contribution in [-0.2, 0) is 0 Å². The molecule has 1 aliphatic carbocycles. The maximum Gasteiger partial charge on any atom is 0.315 e. The van der Waals surface area contributed by atoms with Crippen molar-refractivity contribution in [2.45, 2.75) is 38.6 Å². The Bertz CT molecular complexity index is 185. The minimum absolute atomic E-state index is 0.0536. The van der Waals surface area contributed by atoms with E-state index in [-0.39, 0.29) is 12.6 Å². The second kappa shape index (κ2) is 5.86. The number of unbranched alkanes of at least 4 members (excludes halogenated alkanes) is 1. The predicted octanol–water partition coefficient (Wildman–Crippen LogP) is 0.857. The van der Waals surface area contributed by atoms with Crippen LogP contribution in [0.5, 0.6) is 0 Å². The minimum Gasteiger partial charge on any atom is -0.396 e. The Hall–Kier alpha value is -0.770. The molecule has 0 bridgehead atoms. The lowest BCUT2D eigenvalue weighted by Gasteiger charge is -2.04. The number of aliphatic hydroxyl groups is 1. The molecule has 2 atom stereocenters. The monoisotopic (exact) mass is 200 g/mol. The summed E-state index contributed by atoms with van der Waals surface area (Å²) in [5, 5.41) is 14.2. The van der Waals surface area contributed by atoms with Gasteiger partial charge in [-0.05, 0) is 32.1 Å². The number of hydrogen-bond acceptors (Lipinski definition) is 2. The predicted molar refractivity (Wildman–Crippen MR) is 55.0 cm³/mol. The molecular weight excluding hydrogens is 180 g/mol. The summed E-state index contributed by atoms with van der Waals surface area (Å²) in [5.41, 5.74) is 0. The van der Waals surface area contributed by atoms with E-state index in [4.69, 9.17) is 5.11 Å². The highest BCUT2D eigenvalue weighted by molar-refractivity contribution is 5.74. The molecular formula is C10H20N2O2. The molecule has 2 unspecified atom stereocenters. The van der Waals surface area contributed by atoms with Crippen molar-refractivity contribution in [2.75, 3.05) is 13.2 Å². The molecule has 0 aromatic heterocycles. The number of carbonyl (C=O) groups excluding carboxylic acids is 1. The SMILES string of the molecule is CCNC(=O)NC1CC1CCCCO. The standard InChI is InChI=1S/C10H20N2O2/c1-2-11-10(14)12-9-7-8(9)5-3-4-6-13/h8-9,13H,2-7H2,1H3,(H2,11,12,14). The van der Waals surface area contributed by atoms with Crippen LogP contribution < -0.4 is 10.6 Å². The van der Waals surface area contributed by atoms with Crippen LogP contribution in [0.1, 0.15) is 32.6 Å². The summed E-state index contributed by atoms with van der Waals surface area (Å²) in [7, 11) is 0. The summed E-state index contributed by atoms with van der Waals surface area (Å²) in [6.45, 7) is 2.86. The van der Waals surface area contributed by atoms with E-state index in [1.54, 1.807) is 0 Å². The third-order valence-corrected chi connectivity index (χ3v) is 2.56. The second-order valence-electron chi connectivity index (χ2n) is 3.83. The van der Waals surface area contributed by atoms with Crippen LogP contribution >= 0.6 is 0 Å². The van der Waals surface area contributed by atoms with Gasteiger partial charge in [0.1, 0.15) is 0 Å². The molecule has 82 valence electrons. The molecule has 0 radical (unpaired) electrons. The Kier molecular flexibility index (Phi) is 4.73. The van der Waals surface area contributed by atoms with Crippen LogP contribution in [0.2, 0.25) is 0 Å². The third-order valence-electron chi connectivity index (χ3n) is 2.56. The Morgan fingerprint density at radius 3 is 2.93 bits per heavy atom. The van der Waals surface area contributed by atoms with Crippen molar-refractivity contribution in [3.05, 3.63) is 0 Å². The number of carbonyl (C=O) groups is 1. The van der Waals surface area contributed by atoms with E-state index in [9.17, 15) is 4.79 Å². The summed E-state index contributed by atoms with van der Waals surface area (Å²) in [4.78, 5) is 11.1. The highest BCUT2D eigenvalue weighted by Crippen LogP contribution is 2.34. The average Bonchev–Trinajstić information content (AvgIpc) is 2.84. The zero-order chi connectivity index (χ0) is 10.4. The van der Waals surface area contributed by atoms with Crippen LogP contribution in [0.3, 0.4) is 0 Å². The first-order valence-corrected chi connectivity index (χ1v) is 5.43. The zero-order valence-electron chi connectivity index (χ0n) is 8.75. The number of nitrogens with one attached hydrogen (secondary N) is 2. The third kappa shape index (κ3) is 3.96. The number of amides is 2. The molecule has 0 aromatic carbocycles. The molecule has 1 fully saturated rings. The summed E-state index contributed by atoms with van der Waals surface area (Å²) in [6.07, 6.45) is 4.17. The molecule has 0 aromatic rings. The second-order valence-corrected chi connectivity index (χ2v) is 3.83. The molecule has 4 heteroatoms. The van der Waals surface area contributed by atoms with E-state index in [2.05, 4.69) is 10.6 Å². The first-order valence-electron chi connectivity index (χ1n) is 5.43. The summed E-state index contributed by atoms with van der Waals surface area (Å²) in [5.74, 6) is 0.643. The summed E-state index contributed by atoms with van der Waals surface area (Å²) in [6, 6.07) is 0.322. The molecule has 4 nitrogen and oxygen atoms in total. The van der Waals surface area contributed by atoms with Crippen molar-refractivity contribution < 1.29 is 9.90 Å². The first-order chi connectivity index (χ1) is 6.77. The van der Waals surface area contributed by atoms with Crippen LogP contribution in [-0.4, -0.2) is 30.3 Å². The molecule has 2 amide bonds. The summed E-state index contributed by atoms with van der Waals surface area (Å²) >= 11 is 0. The van der Waals surface area contributed by atoms with Gasteiger partial charge >= 0.3 is 6.03 Å². The van der Waals surface area contributed by atoms with Crippen molar-refractivity contribution >= 4 is 6.03 Å². The van der Waals surface area contributed by atoms with Crippen LogP contribution in [0.25, 0.3) is 0 Å². The van der Waals surface area contributed by atoms with Crippen LogP contribution in [0, 0.1) is 5.92 Å². The fourth-order valence-corrected chi connectivity index (χ4v) is 1.64. The van der Waals surface area contributed by atoms with Crippen LogP contribution in [0.15, 0.2) is 0 Å². The number of aliphatic hydroxyl groups excluding tert-OH is 1. The lowest BCUT2D eigenvalue weighted by Crippen LogP contribution is -2.37. The fourth-order valence-electron chi connectivity index (χ4n) is 1.64. The molecule has 1 aliphatic rings. The van der Waals surface area contributed by atoms with Crippen molar-refractivity contribution in [3.8, 4) is 0 Å². The largest absolute Gasteiger partial charge is 0.396 e. The van der Waals surface area contributed by atoms with E-state index in [0.29, 0.717) is 18.5 Å². The smallest absolute Gasteiger partial charge is 0.315 e. The number of hydrogen-bond donors (Lipinski definition) is 3. The first kappa shape index (κ1) is 11.3. The molecule has 3 N–H and O–H groups in total. The van der Waals surface area contributed by atoms with Gasteiger partial charge in [0, 0.05) is 19.2 Å². The van der Waals surface area contributed by atoms with Gasteiger partial charge in [-0.3, -0.25) is 0 Å². The van der Waals surface area contributed by atoms with Gasteiger partial charge in [0.15, 0.2) is 0 Å². The molecule has 0 spiro atoms. The van der Waals surface area contributed by atoms with Gasteiger partial charge < -0.3 is 15.7 Å². The van der Waals surface area contributed by atoms with Crippen molar-refractivity contribution in [1.29, 1.82) is 0 Å². The van der Waals surface area contributed by atoms with Gasteiger partial charge in [-0.2, -0.15) is 0 Å². The van der Waals surface area contributed by atoms with E-state index in [1.165, 1.54) is 0 Å². The molecule has 1 saturated carbocycles. The van der Waals surface area contributed by atoms with Gasteiger partial charge in [-0.15, -0.1) is 0 Å².